The van der Waals surface area contributed by atoms with Gasteiger partial charge in [0.25, 0.3) is 5.91 Å². The Hall–Kier alpha value is -2.37. The average molecular weight is 329 g/mol. The molecule has 1 aromatic rings. The van der Waals surface area contributed by atoms with Gasteiger partial charge < -0.3 is 10.6 Å². The summed E-state index contributed by atoms with van der Waals surface area (Å²) in [6.07, 6.45) is 2.30. The molecule has 6 heteroatoms. The number of fused-ring (bicyclic) bond motifs is 2. The number of aryl methyl sites for hydroxylation is 1. The number of nitrogens with one attached hydrogen (secondary N) is 2. The van der Waals surface area contributed by atoms with Crippen molar-refractivity contribution in [3.05, 3.63) is 35.4 Å². The van der Waals surface area contributed by atoms with Crippen LogP contribution in [0.4, 0.5) is 4.79 Å². The summed E-state index contributed by atoms with van der Waals surface area (Å²) in [4.78, 5) is 38.4. The summed E-state index contributed by atoms with van der Waals surface area (Å²) in [5.74, 6) is -0.318. The molecule has 0 unspecified atom stereocenters. The van der Waals surface area contributed by atoms with Crippen LogP contribution in [-0.4, -0.2) is 35.8 Å². The molecule has 6 nitrogen and oxygen atoms in total. The highest BCUT2D eigenvalue weighted by molar-refractivity contribution is 6.09. The summed E-state index contributed by atoms with van der Waals surface area (Å²) in [7, 11) is 0. The lowest BCUT2D eigenvalue weighted by Crippen LogP contribution is -2.47. The lowest BCUT2D eigenvalue weighted by atomic mass is 9.76. The molecule has 0 radical (unpaired) electrons. The molecule has 128 valence electrons. The highest BCUT2D eigenvalue weighted by atomic mass is 16.2. The standard InChI is InChI=1S/C18H23N3O3/c1-12(2)10-19-15(22)11-21-16(23)18(20-17(21)24)9-5-7-13-6-3-4-8-14(13)18/h3-4,6,8,12H,5,7,9-11H2,1-2H3,(H,19,22)(H,20,24)/t18-/m0/s1. The Kier molecular flexibility index (Phi) is 4.30. The van der Waals surface area contributed by atoms with Crippen LogP contribution in [0.5, 0.6) is 0 Å². The number of benzene rings is 1. The predicted octanol–water partition coefficient (Wildman–Crippen LogP) is 1.54. The molecule has 24 heavy (non-hydrogen) atoms. The first-order valence-corrected chi connectivity index (χ1v) is 8.43. The molecule has 0 aromatic heterocycles. The number of amides is 4. The molecular formula is C18H23N3O3. The second kappa shape index (κ2) is 6.26. The third kappa shape index (κ3) is 2.77. The minimum absolute atomic E-state index is 0.235. The third-order valence-electron chi connectivity index (χ3n) is 4.66. The number of carbonyl (C=O) groups is 3. The van der Waals surface area contributed by atoms with Crippen molar-refractivity contribution < 1.29 is 14.4 Å². The van der Waals surface area contributed by atoms with Crippen LogP contribution in [0.15, 0.2) is 24.3 Å². The van der Waals surface area contributed by atoms with Gasteiger partial charge in [-0.2, -0.15) is 0 Å². The molecule has 1 fully saturated rings. The first-order valence-electron chi connectivity index (χ1n) is 8.43. The van der Waals surface area contributed by atoms with Crippen molar-refractivity contribution in [2.45, 2.75) is 38.6 Å². The van der Waals surface area contributed by atoms with E-state index in [1.807, 2.05) is 38.1 Å². The van der Waals surface area contributed by atoms with E-state index in [0.29, 0.717) is 18.9 Å². The van der Waals surface area contributed by atoms with Gasteiger partial charge in [0.2, 0.25) is 5.91 Å². The number of hydrogen-bond acceptors (Lipinski definition) is 3. The van der Waals surface area contributed by atoms with Gasteiger partial charge in [0.15, 0.2) is 0 Å². The Labute approximate surface area is 141 Å². The van der Waals surface area contributed by atoms with Crippen LogP contribution in [0.3, 0.4) is 0 Å². The van der Waals surface area contributed by atoms with Crippen molar-refractivity contribution in [2.75, 3.05) is 13.1 Å². The van der Waals surface area contributed by atoms with Gasteiger partial charge in [0.1, 0.15) is 12.1 Å². The Morgan fingerprint density at radius 3 is 2.83 bits per heavy atom. The number of urea groups is 1. The van der Waals surface area contributed by atoms with Crippen LogP contribution in [0, 0.1) is 5.92 Å². The van der Waals surface area contributed by atoms with Gasteiger partial charge in [0.05, 0.1) is 0 Å². The van der Waals surface area contributed by atoms with Crippen molar-refractivity contribution in [3.63, 3.8) is 0 Å². The molecular weight excluding hydrogens is 306 g/mol. The quantitative estimate of drug-likeness (QED) is 0.823. The Bertz CT molecular complexity index is 686. The van der Waals surface area contributed by atoms with Crippen LogP contribution >= 0.6 is 0 Å². The van der Waals surface area contributed by atoms with Crippen molar-refractivity contribution in [1.82, 2.24) is 15.5 Å². The molecule has 1 aliphatic heterocycles. The van der Waals surface area contributed by atoms with Crippen LogP contribution in [0.1, 0.15) is 37.8 Å². The maximum absolute atomic E-state index is 13.0. The predicted molar refractivity (Wildman–Crippen MR) is 89.2 cm³/mol. The summed E-state index contributed by atoms with van der Waals surface area (Å²) < 4.78 is 0. The summed E-state index contributed by atoms with van der Waals surface area (Å²) >= 11 is 0. The maximum atomic E-state index is 13.0. The zero-order valence-electron chi connectivity index (χ0n) is 14.1. The van der Waals surface area contributed by atoms with E-state index in [-0.39, 0.29) is 18.4 Å². The Morgan fingerprint density at radius 2 is 2.08 bits per heavy atom. The van der Waals surface area contributed by atoms with Crippen molar-refractivity contribution in [1.29, 1.82) is 0 Å². The van der Waals surface area contributed by atoms with E-state index in [4.69, 9.17) is 0 Å². The van der Waals surface area contributed by atoms with Crippen molar-refractivity contribution >= 4 is 17.8 Å². The minimum Gasteiger partial charge on any atom is -0.354 e. The molecule has 2 aliphatic rings. The van der Waals surface area contributed by atoms with Crippen LogP contribution < -0.4 is 10.6 Å². The minimum atomic E-state index is -1.01. The zero-order chi connectivity index (χ0) is 17.3. The van der Waals surface area contributed by atoms with Crippen molar-refractivity contribution in [3.8, 4) is 0 Å². The van der Waals surface area contributed by atoms with Gasteiger partial charge in [-0.25, -0.2) is 4.79 Å². The van der Waals surface area contributed by atoms with Crippen LogP contribution in [0.2, 0.25) is 0 Å². The smallest absolute Gasteiger partial charge is 0.325 e. The normalized spacial score (nSPS) is 22.7. The van der Waals surface area contributed by atoms with E-state index in [9.17, 15) is 14.4 Å². The second-order valence-electron chi connectivity index (χ2n) is 6.94. The second-order valence-corrected chi connectivity index (χ2v) is 6.94. The Morgan fingerprint density at radius 1 is 1.33 bits per heavy atom. The molecule has 4 amide bonds. The number of hydrogen-bond donors (Lipinski definition) is 2. The molecule has 1 atom stereocenters. The van der Waals surface area contributed by atoms with E-state index in [1.165, 1.54) is 0 Å². The van der Waals surface area contributed by atoms with Gasteiger partial charge in [-0.3, -0.25) is 14.5 Å². The monoisotopic (exact) mass is 329 g/mol. The molecule has 1 spiro atoms. The van der Waals surface area contributed by atoms with Crippen LogP contribution in [0.25, 0.3) is 0 Å². The fourth-order valence-electron chi connectivity index (χ4n) is 3.47. The van der Waals surface area contributed by atoms with Gasteiger partial charge >= 0.3 is 6.03 Å². The van der Waals surface area contributed by atoms with Crippen LogP contribution in [-0.2, 0) is 21.5 Å². The fourth-order valence-corrected chi connectivity index (χ4v) is 3.47. The summed E-state index contributed by atoms with van der Waals surface area (Å²) in [5.41, 5.74) is 0.938. The number of rotatable bonds is 4. The topological polar surface area (TPSA) is 78.5 Å². The lowest BCUT2D eigenvalue weighted by molar-refractivity contribution is -0.135. The highest BCUT2D eigenvalue weighted by Gasteiger charge is 2.54. The van der Waals surface area contributed by atoms with E-state index in [1.54, 1.807) is 0 Å². The number of carbonyl (C=O) groups excluding carboxylic acids is 3. The highest BCUT2D eigenvalue weighted by Crippen LogP contribution is 2.39. The summed E-state index contributed by atoms with van der Waals surface area (Å²) in [6, 6.07) is 7.22. The average Bonchev–Trinajstić information content (AvgIpc) is 2.78. The van der Waals surface area contributed by atoms with Gasteiger partial charge in [0, 0.05) is 6.54 Å². The SMILES string of the molecule is CC(C)CNC(=O)CN1C(=O)N[C@]2(CCCc3ccccc32)C1=O. The maximum Gasteiger partial charge on any atom is 0.325 e. The zero-order valence-corrected chi connectivity index (χ0v) is 14.1. The first-order chi connectivity index (χ1) is 11.4. The summed E-state index contributed by atoms with van der Waals surface area (Å²) in [6.45, 7) is 4.27. The number of imide groups is 1. The molecule has 0 bridgehead atoms. The molecule has 1 heterocycles. The van der Waals surface area contributed by atoms with Gasteiger partial charge in [-0.1, -0.05) is 38.1 Å². The van der Waals surface area contributed by atoms with Gasteiger partial charge in [-0.05, 0) is 36.3 Å². The molecule has 3 rings (SSSR count). The number of nitrogens with zero attached hydrogens (tertiary/aromatic N) is 1. The molecule has 1 aliphatic carbocycles. The van der Waals surface area contributed by atoms with E-state index in [0.717, 1.165) is 28.9 Å². The first kappa shape index (κ1) is 16.5. The van der Waals surface area contributed by atoms with E-state index < -0.39 is 11.6 Å². The Balaban J connectivity index is 1.81. The lowest BCUT2D eigenvalue weighted by Gasteiger charge is -2.33. The fraction of sp³-hybridized carbons (Fsp3) is 0.500. The van der Waals surface area contributed by atoms with E-state index in [2.05, 4.69) is 10.6 Å². The van der Waals surface area contributed by atoms with Crippen molar-refractivity contribution in [2.24, 2.45) is 5.92 Å². The largest absolute Gasteiger partial charge is 0.354 e. The molecule has 1 saturated heterocycles. The molecule has 2 N–H and O–H groups in total. The molecule has 1 aromatic carbocycles. The van der Waals surface area contributed by atoms with E-state index >= 15 is 0 Å². The molecule has 0 saturated carbocycles. The van der Waals surface area contributed by atoms with Gasteiger partial charge in [-0.15, -0.1) is 0 Å². The third-order valence-corrected chi connectivity index (χ3v) is 4.66. The summed E-state index contributed by atoms with van der Waals surface area (Å²) in [5, 5.41) is 5.60.